The molecule has 1 aliphatic heterocycles. The number of benzene rings is 1. The first-order valence-electron chi connectivity index (χ1n) is 9.00. The van der Waals surface area contributed by atoms with E-state index in [1.54, 1.807) is 4.90 Å². The largest absolute Gasteiger partial charge is 0.484 e. The molecule has 1 aliphatic rings. The van der Waals surface area contributed by atoms with Crippen molar-refractivity contribution in [2.75, 3.05) is 32.8 Å². The molecule has 2 rings (SSSR count). The predicted octanol–water partition coefficient (Wildman–Crippen LogP) is 2.70. The third kappa shape index (κ3) is 5.44. The van der Waals surface area contributed by atoms with E-state index >= 15 is 0 Å². The topological polar surface area (TPSA) is 49.9 Å². The number of nitrogens with zero attached hydrogens (tertiary/aromatic N) is 2. The van der Waals surface area contributed by atoms with Crippen LogP contribution in [0.1, 0.15) is 33.1 Å². The molecular weight excluding hydrogens is 323 g/mol. The van der Waals surface area contributed by atoms with Gasteiger partial charge >= 0.3 is 0 Å². The van der Waals surface area contributed by atoms with Crippen molar-refractivity contribution >= 4 is 11.8 Å². The first kappa shape index (κ1) is 19.2. The SMILES string of the molecule is CCC(CC)C(=O)N1CCCN(C(=O)COc2ccc(F)cc2)CC1. The Labute approximate surface area is 148 Å². The van der Waals surface area contributed by atoms with Crippen molar-refractivity contribution in [2.24, 2.45) is 5.92 Å². The molecule has 0 aromatic heterocycles. The summed E-state index contributed by atoms with van der Waals surface area (Å²) in [6.45, 7) is 6.40. The second kappa shape index (κ2) is 9.39. The van der Waals surface area contributed by atoms with E-state index in [1.807, 2.05) is 18.7 Å². The van der Waals surface area contributed by atoms with Crippen LogP contribution in [-0.2, 0) is 9.59 Å². The van der Waals surface area contributed by atoms with Crippen molar-refractivity contribution in [1.82, 2.24) is 9.80 Å². The van der Waals surface area contributed by atoms with Gasteiger partial charge in [0, 0.05) is 32.1 Å². The molecule has 6 heteroatoms. The third-order valence-corrected chi connectivity index (χ3v) is 4.67. The van der Waals surface area contributed by atoms with E-state index < -0.39 is 0 Å². The lowest BCUT2D eigenvalue weighted by Crippen LogP contribution is -2.40. The van der Waals surface area contributed by atoms with Gasteiger partial charge in [0.1, 0.15) is 11.6 Å². The molecule has 1 heterocycles. The van der Waals surface area contributed by atoms with Gasteiger partial charge in [-0.2, -0.15) is 0 Å². The summed E-state index contributed by atoms with van der Waals surface area (Å²) in [7, 11) is 0. The average molecular weight is 350 g/mol. The fraction of sp³-hybridized carbons (Fsp3) is 0.579. The number of hydrogen-bond donors (Lipinski definition) is 0. The zero-order chi connectivity index (χ0) is 18.2. The van der Waals surface area contributed by atoms with Crippen LogP contribution in [0.15, 0.2) is 24.3 Å². The molecule has 0 aliphatic carbocycles. The van der Waals surface area contributed by atoms with Gasteiger partial charge in [0.05, 0.1) is 0 Å². The summed E-state index contributed by atoms with van der Waals surface area (Å²) in [6.07, 6.45) is 2.47. The Morgan fingerprint density at radius 2 is 1.64 bits per heavy atom. The van der Waals surface area contributed by atoms with Crippen LogP contribution in [0, 0.1) is 11.7 Å². The van der Waals surface area contributed by atoms with Gasteiger partial charge in [-0.05, 0) is 43.5 Å². The highest BCUT2D eigenvalue weighted by Crippen LogP contribution is 2.15. The maximum absolute atomic E-state index is 12.9. The molecule has 1 fully saturated rings. The summed E-state index contributed by atoms with van der Waals surface area (Å²) in [5.74, 6) is 0.288. The maximum atomic E-state index is 12.9. The summed E-state index contributed by atoms with van der Waals surface area (Å²) >= 11 is 0. The Bertz CT molecular complexity index is 573. The highest BCUT2D eigenvalue weighted by Gasteiger charge is 2.25. The zero-order valence-electron chi connectivity index (χ0n) is 15.0. The molecule has 0 atom stereocenters. The summed E-state index contributed by atoms with van der Waals surface area (Å²) in [6, 6.07) is 5.60. The van der Waals surface area contributed by atoms with Crippen molar-refractivity contribution in [1.29, 1.82) is 0 Å². The Kier molecular flexibility index (Phi) is 7.22. The Hall–Kier alpha value is -2.11. The molecule has 1 aromatic rings. The molecular formula is C19H27FN2O3. The molecule has 0 unspecified atom stereocenters. The molecule has 0 N–H and O–H groups in total. The van der Waals surface area contributed by atoms with Gasteiger partial charge in [-0.15, -0.1) is 0 Å². The number of amides is 2. The summed E-state index contributed by atoms with van der Waals surface area (Å²) in [4.78, 5) is 28.5. The van der Waals surface area contributed by atoms with Crippen LogP contribution < -0.4 is 4.74 Å². The fourth-order valence-electron chi connectivity index (χ4n) is 3.05. The normalized spacial score (nSPS) is 15.2. The lowest BCUT2D eigenvalue weighted by Gasteiger charge is -2.25. The molecule has 0 spiro atoms. The number of halogens is 1. The molecule has 5 nitrogen and oxygen atoms in total. The van der Waals surface area contributed by atoms with Gasteiger partial charge in [0.25, 0.3) is 5.91 Å². The summed E-state index contributed by atoms with van der Waals surface area (Å²) in [5, 5.41) is 0. The quantitative estimate of drug-likeness (QED) is 0.793. The molecule has 0 saturated carbocycles. The van der Waals surface area contributed by atoms with Crippen LogP contribution in [-0.4, -0.2) is 54.4 Å². The van der Waals surface area contributed by atoms with Gasteiger partial charge in [-0.25, -0.2) is 4.39 Å². The zero-order valence-corrected chi connectivity index (χ0v) is 15.0. The number of carbonyl (C=O) groups is 2. The predicted molar refractivity (Wildman–Crippen MR) is 93.7 cm³/mol. The number of hydrogen-bond acceptors (Lipinski definition) is 3. The van der Waals surface area contributed by atoms with E-state index in [0.29, 0.717) is 31.9 Å². The van der Waals surface area contributed by atoms with Crippen LogP contribution in [0.4, 0.5) is 4.39 Å². The summed E-state index contributed by atoms with van der Waals surface area (Å²) < 4.78 is 18.3. The smallest absolute Gasteiger partial charge is 0.260 e. The Morgan fingerprint density at radius 1 is 1.04 bits per heavy atom. The highest BCUT2D eigenvalue weighted by atomic mass is 19.1. The van der Waals surface area contributed by atoms with Gasteiger partial charge in [0.15, 0.2) is 6.61 Å². The van der Waals surface area contributed by atoms with Crippen molar-refractivity contribution in [3.05, 3.63) is 30.1 Å². The lowest BCUT2D eigenvalue weighted by molar-refractivity contribution is -0.137. The molecule has 1 saturated heterocycles. The highest BCUT2D eigenvalue weighted by molar-refractivity contribution is 5.80. The third-order valence-electron chi connectivity index (χ3n) is 4.67. The second-order valence-corrected chi connectivity index (χ2v) is 6.32. The number of rotatable bonds is 6. The van der Waals surface area contributed by atoms with Crippen molar-refractivity contribution in [2.45, 2.75) is 33.1 Å². The van der Waals surface area contributed by atoms with E-state index in [0.717, 1.165) is 19.3 Å². The Morgan fingerprint density at radius 3 is 2.28 bits per heavy atom. The summed E-state index contributed by atoms with van der Waals surface area (Å²) in [5.41, 5.74) is 0. The van der Waals surface area contributed by atoms with Crippen molar-refractivity contribution < 1.29 is 18.7 Å². The van der Waals surface area contributed by atoms with E-state index in [9.17, 15) is 14.0 Å². The monoisotopic (exact) mass is 350 g/mol. The first-order valence-corrected chi connectivity index (χ1v) is 9.00. The van der Waals surface area contributed by atoms with Crippen LogP contribution in [0.5, 0.6) is 5.75 Å². The molecule has 2 amide bonds. The molecule has 0 bridgehead atoms. The Balaban J connectivity index is 1.84. The average Bonchev–Trinajstić information content (AvgIpc) is 2.88. The first-order chi connectivity index (χ1) is 12.0. The van der Waals surface area contributed by atoms with E-state index in [1.165, 1.54) is 24.3 Å². The minimum Gasteiger partial charge on any atom is -0.484 e. The molecule has 138 valence electrons. The standard InChI is InChI=1S/C19H27FN2O3/c1-3-15(4-2)19(24)22-11-5-10-21(12-13-22)18(23)14-25-17-8-6-16(20)7-9-17/h6-9,15H,3-5,10-14H2,1-2H3. The molecule has 25 heavy (non-hydrogen) atoms. The van der Waals surface area contributed by atoms with Crippen LogP contribution in [0.3, 0.4) is 0 Å². The minimum atomic E-state index is -0.339. The molecule has 1 aromatic carbocycles. The van der Waals surface area contributed by atoms with Crippen LogP contribution >= 0.6 is 0 Å². The van der Waals surface area contributed by atoms with Crippen LogP contribution in [0.2, 0.25) is 0 Å². The van der Waals surface area contributed by atoms with E-state index in [2.05, 4.69) is 0 Å². The van der Waals surface area contributed by atoms with E-state index in [4.69, 9.17) is 4.74 Å². The molecule has 0 radical (unpaired) electrons. The minimum absolute atomic E-state index is 0.0732. The number of ether oxygens (including phenoxy) is 1. The fourth-order valence-corrected chi connectivity index (χ4v) is 3.05. The van der Waals surface area contributed by atoms with Crippen molar-refractivity contribution in [3.63, 3.8) is 0 Å². The second-order valence-electron chi connectivity index (χ2n) is 6.32. The van der Waals surface area contributed by atoms with Gasteiger partial charge in [-0.3, -0.25) is 9.59 Å². The van der Waals surface area contributed by atoms with Gasteiger partial charge in [0.2, 0.25) is 5.91 Å². The van der Waals surface area contributed by atoms with Crippen molar-refractivity contribution in [3.8, 4) is 5.75 Å². The van der Waals surface area contributed by atoms with Gasteiger partial charge < -0.3 is 14.5 Å². The van der Waals surface area contributed by atoms with Gasteiger partial charge in [-0.1, -0.05) is 13.8 Å². The lowest BCUT2D eigenvalue weighted by atomic mass is 10.0. The van der Waals surface area contributed by atoms with E-state index in [-0.39, 0.29) is 30.2 Å². The maximum Gasteiger partial charge on any atom is 0.260 e. The number of carbonyl (C=O) groups excluding carboxylic acids is 2. The van der Waals surface area contributed by atoms with Crippen LogP contribution in [0.25, 0.3) is 0 Å².